The van der Waals surface area contributed by atoms with Crippen molar-refractivity contribution in [2.45, 2.75) is 6.42 Å². The lowest BCUT2D eigenvalue weighted by Gasteiger charge is -2.00. The van der Waals surface area contributed by atoms with E-state index in [-0.39, 0.29) is 5.84 Å². The molecule has 0 atom stereocenters. The van der Waals surface area contributed by atoms with Crippen LogP contribution in [-0.2, 0) is 6.42 Å². The number of rotatable bonds is 2. The molecule has 3 N–H and O–H groups in total. The molecule has 0 unspecified atom stereocenters. The van der Waals surface area contributed by atoms with Gasteiger partial charge in [0.1, 0.15) is 0 Å². The van der Waals surface area contributed by atoms with Crippen molar-refractivity contribution in [3.63, 3.8) is 0 Å². The molecule has 0 saturated carbocycles. The molecule has 0 heterocycles. The van der Waals surface area contributed by atoms with E-state index in [0.29, 0.717) is 6.42 Å². The third-order valence-electron chi connectivity index (χ3n) is 1.34. The minimum Gasteiger partial charge on any atom is -0.387 e. The lowest BCUT2D eigenvalue weighted by Crippen LogP contribution is -2.12. The van der Waals surface area contributed by atoms with E-state index in [9.17, 15) is 0 Å². The summed E-state index contributed by atoms with van der Waals surface area (Å²) in [4.78, 5) is 0. The first-order valence-corrected chi connectivity index (χ1v) is 4.06. The Kier molecular flexibility index (Phi) is 2.65. The average Bonchev–Trinajstić information content (AvgIpc) is 1.93. The Labute approximate surface area is 74.1 Å². The number of hydrogen-bond acceptors (Lipinski definition) is 1. The molecular weight excluding hydrogens is 204 g/mol. The standard InChI is InChI=1S/C8H9BrN2/c9-7-4-2-1-3-6(7)5-8(10)11/h1-4H,5H2,(H3,10,11). The zero-order chi connectivity index (χ0) is 8.27. The second-order valence-corrected chi connectivity index (χ2v) is 3.15. The minimum absolute atomic E-state index is 0.192. The first-order chi connectivity index (χ1) is 5.20. The van der Waals surface area contributed by atoms with Crippen LogP contribution in [0.25, 0.3) is 0 Å². The minimum atomic E-state index is 0.192. The SMILES string of the molecule is N=C(N)Cc1ccccc1Br. The van der Waals surface area contributed by atoms with E-state index in [2.05, 4.69) is 15.9 Å². The van der Waals surface area contributed by atoms with Gasteiger partial charge in [0, 0.05) is 10.9 Å². The van der Waals surface area contributed by atoms with Gasteiger partial charge in [-0.25, -0.2) is 0 Å². The third-order valence-corrected chi connectivity index (χ3v) is 2.11. The molecule has 0 aliphatic heterocycles. The van der Waals surface area contributed by atoms with Gasteiger partial charge in [0.2, 0.25) is 0 Å². The summed E-state index contributed by atoms with van der Waals surface area (Å²) in [5.41, 5.74) is 6.31. The van der Waals surface area contributed by atoms with Gasteiger partial charge in [-0.1, -0.05) is 34.1 Å². The third kappa shape index (κ3) is 2.35. The summed E-state index contributed by atoms with van der Waals surface area (Å²) in [5, 5.41) is 7.09. The van der Waals surface area contributed by atoms with Crippen LogP contribution in [0.4, 0.5) is 0 Å². The second-order valence-electron chi connectivity index (χ2n) is 2.29. The topological polar surface area (TPSA) is 49.9 Å². The molecule has 2 nitrogen and oxygen atoms in total. The van der Waals surface area contributed by atoms with Crippen molar-refractivity contribution < 1.29 is 0 Å². The van der Waals surface area contributed by atoms with Crippen molar-refractivity contribution in [1.29, 1.82) is 5.41 Å². The van der Waals surface area contributed by atoms with Crippen LogP contribution >= 0.6 is 15.9 Å². The number of hydrogen-bond donors (Lipinski definition) is 2. The van der Waals surface area contributed by atoms with E-state index in [1.54, 1.807) is 0 Å². The molecule has 1 aromatic rings. The van der Waals surface area contributed by atoms with E-state index >= 15 is 0 Å². The van der Waals surface area contributed by atoms with Crippen molar-refractivity contribution in [1.82, 2.24) is 0 Å². The van der Waals surface area contributed by atoms with E-state index in [1.165, 1.54) is 0 Å². The normalized spacial score (nSPS) is 9.55. The van der Waals surface area contributed by atoms with Gasteiger partial charge in [0.15, 0.2) is 0 Å². The summed E-state index contributed by atoms with van der Waals surface area (Å²) in [7, 11) is 0. The predicted octanol–water partition coefficient (Wildman–Crippen LogP) is 1.93. The predicted molar refractivity (Wildman–Crippen MR) is 49.8 cm³/mol. The largest absolute Gasteiger partial charge is 0.387 e. The highest BCUT2D eigenvalue weighted by molar-refractivity contribution is 9.10. The summed E-state index contributed by atoms with van der Waals surface area (Å²) >= 11 is 3.37. The lowest BCUT2D eigenvalue weighted by molar-refractivity contribution is 1.23. The summed E-state index contributed by atoms with van der Waals surface area (Å²) < 4.78 is 1.01. The molecule has 0 saturated heterocycles. The van der Waals surface area contributed by atoms with Crippen molar-refractivity contribution in [2.75, 3.05) is 0 Å². The van der Waals surface area contributed by atoms with E-state index in [0.717, 1.165) is 10.0 Å². The van der Waals surface area contributed by atoms with Crippen LogP contribution in [0.5, 0.6) is 0 Å². The molecule has 0 aromatic heterocycles. The molecule has 0 amide bonds. The molecule has 0 radical (unpaired) electrons. The Hall–Kier alpha value is -0.830. The molecule has 11 heavy (non-hydrogen) atoms. The van der Waals surface area contributed by atoms with Gasteiger partial charge in [-0.2, -0.15) is 0 Å². The smallest absolute Gasteiger partial charge is 0.0950 e. The van der Waals surface area contributed by atoms with Crippen LogP contribution in [-0.4, -0.2) is 5.84 Å². The van der Waals surface area contributed by atoms with Gasteiger partial charge < -0.3 is 5.73 Å². The first kappa shape index (κ1) is 8.27. The monoisotopic (exact) mass is 212 g/mol. The molecule has 0 bridgehead atoms. The Balaban J connectivity index is 2.86. The molecule has 1 rings (SSSR count). The molecule has 0 aliphatic rings. The summed E-state index contributed by atoms with van der Waals surface area (Å²) in [6, 6.07) is 7.76. The van der Waals surface area contributed by atoms with Crippen LogP contribution < -0.4 is 5.73 Å². The van der Waals surface area contributed by atoms with E-state index in [4.69, 9.17) is 11.1 Å². The number of nitrogens with one attached hydrogen (secondary N) is 1. The quantitative estimate of drug-likeness (QED) is 0.572. The van der Waals surface area contributed by atoms with Gasteiger partial charge in [-0.15, -0.1) is 0 Å². The van der Waals surface area contributed by atoms with E-state index < -0.39 is 0 Å². The highest BCUT2D eigenvalue weighted by Crippen LogP contribution is 2.15. The van der Waals surface area contributed by atoms with Crippen molar-refractivity contribution in [3.05, 3.63) is 34.3 Å². The maximum Gasteiger partial charge on any atom is 0.0950 e. The fourth-order valence-corrected chi connectivity index (χ4v) is 1.27. The van der Waals surface area contributed by atoms with Crippen molar-refractivity contribution in [2.24, 2.45) is 5.73 Å². The van der Waals surface area contributed by atoms with Gasteiger partial charge in [-0.3, -0.25) is 5.41 Å². The van der Waals surface area contributed by atoms with Crippen LogP contribution in [0.15, 0.2) is 28.7 Å². The van der Waals surface area contributed by atoms with Crippen molar-refractivity contribution in [3.8, 4) is 0 Å². The number of benzene rings is 1. The molecule has 0 spiro atoms. The summed E-state index contributed by atoms with van der Waals surface area (Å²) in [6.45, 7) is 0. The van der Waals surface area contributed by atoms with Crippen LogP contribution in [0.3, 0.4) is 0 Å². The van der Waals surface area contributed by atoms with Crippen LogP contribution in [0, 0.1) is 5.41 Å². The van der Waals surface area contributed by atoms with Gasteiger partial charge in [-0.05, 0) is 11.6 Å². The Morgan fingerprint density at radius 3 is 2.64 bits per heavy atom. The maximum absolute atomic E-state index is 7.09. The van der Waals surface area contributed by atoms with Crippen LogP contribution in [0.2, 0.25) is 0 Å². The Morgan fingerprint density at radius 1 is 1.45 bits per heavy atom. The molecule has 0 aliphatic carbocycles. The zero-order valence-corrected chi connectivity index (χ0v) is 7.56. The fourth-order valence-electron chi connectivity index (χ4n) is 0.847. The Bertz CT molecular complexity index is 271. The van der Waals surface area contributed by atoms with Crippen molar-refractivity contribution >= 4 is 21.8 Å². The first-order valence-electron chi connectivity index (χ1n) is 3.26. The van der Waals surface area contributed by atoms with Crippen LogP contribution in [0.1, 0.15) is 5.56 Å². The highest BCUT2D eigenvalue weighted by Gasteiger charge is 1.98. The highest BCUT2D eigenvalue weighted by atomic mass is 79.9. The van der Waals surface area contributed by atoms with Gasteiger partial charge >= 0.3 is 0 Å². The summed E-state index contributed by atoms with van der Waals surface area (Å²) in [5.74, 6) is 0.192. The average molecular weight is 213 g/mol. The summed E-state index contributed by atoms with van der Waals surface area (Å²) in [6.07, 6.45) is 0.515. The maximum atomic E-state index is 7.09. The second kappa shape index (κ2) is 3.53. The molecule has 1 aromatic carbocycles. The lowest BCUT2D eigenvalue weighted by atomic mass is 10.1. The zero-order valence-electron chi connectivity index (χ0n) is 5.97. The van der Waals surface area contributed by atoms with Gasteiger partial charge in [0.05, 0.1) is 5.84 Å². The fraction of sp³-hybridized carbons (Fsp3) is 0.125. The van der Waals surface area contributed by atoms with Gasteiger partial charge in [0.25, 0.3) is 0 Å². The molecule has 3 heteroatoms. The molecule has 0 fully saturated rings. The number of nitrogens with two attached hydrogens (primary N) is 1. The molecular formula is C8H9BrN2. The number of amidine groups is 1. The molecule has 58 valence electrons. The van der Waals surface area contributed by atoms with E-state index in [1.807, 2.05) is 24.3 Å². The number of halogens is 1. The Morgan fingerprint density at radius 2 is 2.09 bits per heavy atom.